The van der Waals surface area contributed by atoms with Crippen molar-refractivity contribution in [3.05, 3.63) is 18.1 Å². The number of carbonyl (C=O) groups is 1. The number of carbonyl (C=O) groups excluding carboxylic acids is 1. The van der Waals surface area contributed by atoms with Gasteiger partial charge in [0.1, 0.15) is 17.7 Å². The summed E-state index contributed by atoms with van der Waals surface area (Å²) in [5.41, 5.74) is 0. The molecule has 0 aromatic carbocycles. The molecule has 120 valence electrons. The van der Waals surface area contributed by atoms with Crippen LogP contribution in [0, 0.1) is 5.92 Å². The molecule has 1 aromatic rings. The third-order valence-corrected chi connectivity index (χ3v) is 4.18. The largest absolute Gasteiger partial charge is 0.378 e. The first-order valence-corrected chi connectivity index (χ1v) is 8.11. The number of amides is 1. The fourth-order valence-electron chi connectivity index (χ4n) is 2.65. The second kappa shape index (κ2) is 6.60. The first-order valence-electron chi connectivity index (χ1n) is 8.11. The molecule has 0 bridgehead atoms. The van der Waals surface area contributed by atoms with E-state index in [0.29, 0.717) is 32.2 Å². The van der Waals surface area contributed by atoms with Crippen molar-refractivity contribution in [2.45, 2.75) is 38.6 Å². The van der Waals surface area contributed by atoms with Gasteiger partial charge in [0, 0.05) is 25.2 Å². The lowest BCUT2D eigenvalue weighted by Crippen LogP contribution is -2.49. The maximum Gasteiger partial charge on any atom is 0.245 e. The molecule has 1 atom stereocenters. The van der Waals surface area contributed by atoms with Gasteiger partial charge in [-0.05, 0) is 24.8 Å². The van der Waals surface area contributed by atoms with E-state index in [1.165, 1.54) is 12.8 Å². The molecule has 1 amide bonds. The van der Waals surface area contributed by atoms with E-state index < -0.39 is 0 Å². The molecule has 0 spiro atoms. The second-order valence-corrected chi connectivity index (χ2v) is 6.38. The predicted molar refractivity (Wildman–Crippen MR) is 83.7 cm³/mol. The van der Waals surface area contributed by atoms with Crippen molar-refractivity contribution in [1.29, 1.82) is 0 Å². The SMILES string of the molecule is CC(C)C(Nc1ccnc(C2CC2)n1)C(=O)N1CCOCC1. The Morgan fingerprint density at radius 1 is 1.36 bits per heavy atom. The summed E-state index contributed by atoms with van der Waals surface area (Å²) in [6.45, 7) is 6.69. The van der Waals surface area contributed by atoms with Crippen LogP contribution in [0.1, 0.15) is 38.4 Å². The minimum atomic E-state index is -0.264. The molecule has 2 fully saturated rings. The first kappa shape index (κ1) is 15.2. The monoisotopic (exact) mass is 304 g/mol. The van der Waals surface area contributed by atoms with Crippen LogP contribution in [0.4, 0.5) is 5.82 Å². The Bertz CT molecular complexity index is 525. The summed E-state index contributed by atoms with van der Waals surface area (Å²) < 4.78 is 5.32. The molecule has 22 heavy (non-hydrogen) atoms. The smallest absolute Gasteiger partial charge is 0.245 e. The van der Waals surface area contributed by atoms with Crippen LogP contribution in [0.3, 0.4) is 0 Å². The van der Waals surface area contributed by atoms with Gasteiger partial charge in [0.2, 0.25) is 5.91 Å². The number of morpholine rings is 1. The zero-order valence-corrected chi connectivity index (χ0v) is 13.3. The summed E-state index contributed by atoms with van der Waals surface area (Å²) >= 11 is 0. The summed E-state index contributed by atoms with van der Waals surface area (Å²) in [6.07, 6.45) is 4.12. The Hall–Kier alpha value is -1.69. The molecular weight excluding hydrogens is 280 g/mol. The number of hydrogen-bond donors (Lipinski definition) is 1. The van der Waals surface area contributed by atoms with Gasteiger partial charge in [0.05, 0.1) is 13.2 Å². The zero-order chi connectivity index (χ0) is 15.5. The molecule has 2 heterocycles. The molecule has 1 aromatic heterocycles. The molecule has 1 aliphatic carbocycles. The summed E-state index contributed by atoms with van der Waals surface area (Å²) in [5.74, 6) is 2.47. The van der Waals surface area contributed by atoms with Gasteiger partial charge in [-0.3, -0.25) is 4.79 Å². The Labute approximate surface area is 131 Å². The number of nitrogens with zero attached hydrogens (tertiary/aromatic N) is 3. The maximum absolute atomic E-state index is 12.7. The highest BCUT2D eigenvalue weighted by atomic mass is 16.5. The van der Waals surface area contributed by atoms with Crippen molar-refractivity contribution in [2.24, 2.45) is 5.92 Å². The van der Waals surface area contributed by atoms with Gasteiger partial charge >= 0.3 is 0 Å². The highest BCUT2D eigenvalue weighted by molar-refractivity contribution is 5.84. The van der Waals surface area contributed by atoms with Gasteiger partial charge in [-0.2, -0.15) is 0 Å². The average Bonchev–Trinajstić information content (AvgIpc) is 3.38. The van der Waals surface area contributed by atoms with Crippen molar-refractivity contribution in [3.63, 3.8) is 0 Å². The second-order valence-electron chi connectivity index (χ2n) is 6.38. The van der Waals surface area contributed by atoms with Crippen molar-refractivity contribution in [2.75, 3.05) is 31.6 Å². The summed E-state index contributed by atoms with van der Waals surface area (Å²) in [7, 11) is 0. The standard InChI is InChI=1S/C16H24N4O2/c1-11(2)14(16(21)20-7-9-22-10-8-20)18-13-5-6-17-15(19-13)12-3-4-12/h5-6,11-12,14H,3-4,7-10H2,1-2H3,(H,17,18,19). The highest BCUT2D eigenvalue weighted by Crippen LogP contribution is 2.38. The van der Waals surface area contributed by atoms with E-state index in [0.717, 1.165) is 11.6 Å². The fourth-order valence-corrected chi connectivity index (χ4v) is 2.65. The van der Waals surface area contributed by atoms with Crippen LogP contribution in [-0.2, 0) is 9.53 Å². The van der Waals surface area contributed by atoms with Crippen LogP contribution in [0.25, 0.3) is 0 Å². The van der Waals surface area contributed by atoms with E-state index in [1.54, 1.807) is 6.20 Å². The lowest BCUT2D eigenvalue weighted by molar-refractivity contribution is -0.137. The lowest BCUT2D eigenvalue weighted by Gasteiger charge is -2.32. The molecule has 3 rings (SSSR count). The van der Waals surface area contributed by atoms with Gasteiger partial charge in [0.25, 0.3) is 0 Å². The molecule has 1 saturated carbocycles. The minimum Gasteiger partial charge on any atom is -0.378 e. The first-order chi connectivity index (χ1) is 10.6. The number of nitrogens with one attached hydrogen (secondary N) is 1. The Morgan fingerprint density at radius 3 is 2.73 bits per heavy atom. The summed E-state index contributed by atoms with van der Waals surface area (Å²) in [4.78, 5) is 23.5. The van der Waals surface area contributed by atoms with Gasteiger partial charge in [-0.25, -0.2) is 9.97 Å². The van der Waals surface area contributed by atoms with Crippen molar-refractivity contribution in [1.82, 2.24) is 14.9 Å². The normalized spacial score (nSPS) is 20.0. The number of anilines is 1. The predicted octanol–water partition coefficient (Wildman–Crippen LogP) is 1.65. The molecule has 6 nitrogen and oxygen atoms in total. The maximum atomic E-state index is 12.7. The molecule has 0 radical (unpaired) electrons. The number of rotatable bonds is 5. The van der Waals surface area contributed by atoms with Crippen LogP contribution in [0.15, 0.2) is 12.3 Å². The Balaban J connectivity index is 1.70. The summed E-state index contributed by atoms with van der Waals surface area (Å²) in [6, 6.07) is 1.58. The van der Waals surface area contributed by atoms with E-state index in [1.807, 2.05) is 11.0 Å². The van der Waals surface area contributed by atoms with E-state index in [2.05, 4.69) is 29.1 Å². The molecular formula is C16H24N4O2. The molecule has 6 heteroatoms. The average molecular weight is 304 g/mol. The van der Waals surface area contributed by atoms with E-state index in [9.17, 15) is 4.79 Å². The Morgan fingerprint density at radius 2 is 2.09 bits per heavy atom. The van der Waals surface area contributed by atoms with Crippen LogP contribution in [0.2, 0.25) is 0 Å². The van der Waals surface area contributed by atoms with Gasteiger partial charge in [0.15, 0.2) is 0 Å². The third kappa shape index (κ3) is 3.55. The summed E-state index contributed by atoms with van der Waals surface area (Å²) in [5, 5.41) is 3.32. The quantitative estimate of drug-likeness (QED) is 0.896. The highest BCUT2D eigenvalue weighted by Gasteiger charge is 2.30. The Kier molecular flexibility index (Phi) is 4.57. The van der Waals surface area contributed by atoms with Crippen LogP contribution in [-0.4, -0.2) is 53.1 Å². The van der Waals surface area contributed by atoms with Crippen molar-refractivity contribution < 1.29 is 9.53 Å². The van der Waals surface area contributed by atoms with Crippen LogP contribution < -0.4 is 5.32 Å². The third-order valence-electron chi connectivity index (χ3n) is 4.18. The van der Waals surface area contributed by atoms with Crippen molar-refractivity contribution in [3.8, 4) is 0 Å². The number of hydrogen-bond acceptors (Lipinski definition) is 5. The van der Waals surface area contributed by atoms with Gasteiger partial charge < -0.3 is 15.0 Å². The van der Waals surface area contributed by atoms with E-state index in [4.69, 9.17) is 4.74 Å². The van der Waals surface area contributed by atoms with Crippen LogP contribution >= 0.6 is 0 Å². The topological polar surface area (TPSA) is 67.4 Å². The molecule has 2 aliphatic rings. The number of aromatic nitrogens is 2. The molecule has 1 saturated heterocycles. The molecule has 1 aliphatic heterocycles. The van der Waals surface area contributed by atoms with Crippen LogP contribution in [0.5, 0.6) is 0 Å². The number of ether oxygens (including phenoxy) is 1. The fraction of sp³-hybridized carbons (Fsp3) is 0.688. The van der Waals surface area contributed by atoms with Gasteiger partial charge in [-0.15, -0.1) is 0 Å². The molecule has 1 unspecified atom stereocenters. The van der Waals surface area contributed by atoms with E-state index >= 15 is 0 Å². The minimum absolute atomic E-state index is 0.130. The lowest BCUT2D eigenvalue weighted by atomic mass is 10.0. The van der Waals surface area contributed by atoms with Crippen molar-refractivity contribution >= 4 is 11.7 Å². The molecule has 1 N–H and O–H groups in total. The zero-order valence-electron chi connectivity index (χ0n) is 13.3. The van der Waals surface area contributed by atoms with E-state index in [-0.39, 0.29) is 17.9 Å². The van der Waals surface area contributed by atoms with Gasteiger partial charge in [-0.1, -0.05) is 13.8 Å².